The Morgan fingerprint density at radius 1 is 1.04 bits per heavy atom. The van der Waals surface area contributed by atoms with Crippen molar-refractivity contribution in [2.45, 2.75) is 17.5 Å². The highest BCUT2D eigenvalue weighted by Crippen LogP contribution is 2.29. The minimum atomic E-state index is -4.38. The summed E-state index contributed by atoms with van der Waals surface area (Å²) in [6.07, 6.45) is -4.00. The van der Waals surface area contributed by atoms with E-state index in [4.69, 9.17) is 0 Å². The first-order chi connectivity index (χ1) is 11.8. The lowest BCUT2D eigenvalue weighted by Gasteiger charge is -2.08. The van der Waals surface area contributed by atoms with Crippen molar-refractivity contribution in [1.82, 2.24) is 5.32 Å². The van der Waals surface area contributed by atoms with Crippen LogP contribution in [0, 0.1) is 11.6 Å². The lowest BCUT2D eigenvalue weighted by atomic mass is 10.1. The van der Waals surface area contributed by atoms with Crippen molar-refractivity contribution in [2.75, 3.05) is 12.3 Å². The van der Waals surface area contributed by atoms with Gasteiger partial charge in [-0.25, -0.2) is 8.78 Å². The van der Waals surface area contributed by atoms with Crippen LogP contribution in [0.15, 0.2) is 47.4 Å². The van der Waals surface area contributed by atoms with Crippen LogP contribution in [0.2, 0.25) is 0 Å². The van der Waals surface area contributed by atoms with E-state index in [1.165, 1.54) is 18.2 Å². The van der Waals surface area contributed by atoms with Gasteiger partial charge in [0.15, 0.2) is 0 Å². The molecule has 2 aromatic carbocycles. The van der Waals surface area contributed by atoms with Gasteiger partial charge in [-0.15, -0.1) is 11.8 Å². The summed E-state index contributed by atoms with van der Waals surface area (Å²) < 4.78 is 63.5. The molecule has 1 amide bonds. The van der Waals surface area contributed by atoms with Crippen LogP contribution < -0.4 is 5.32 Å². The smallest absolute Gasteiger partial charge is 0.355 e. The zero-order chi connectivity index (χ0) is 18.4. The van der Waals surface area contributed by atoms with Gasteiger partial charge in [0.25, 0.3) is 0 Å². The zero-order valence-electron chi connectivity index (χ0n) is 12.9. The molecule has 2 nitrogen and oxygen atoms in total. The molecule has 1 N–H and O–H groups in total. The van der Waals surface area contributed by atoms with Crippen molar-refractivity contribution in [2.24, 2.45) is 0 Å². The third kappa shape index (κ3) is 6.04. The molecule has 0 unspecified atom stereocenters. The van der Waals surface area contributed by atoms with Crippen molar-refractivity contribution in [3.63, 3.8) is 0 Å². The molecule has 0 aromatic heterocycles. The Hall–Kier alpha value is -2.09. The van der Waals surface area contributed by atoms with Gasteiger partial charge >= 0.3 is 6.18 Å². The molecule has 0 atom stereocenters. The summed E-state index contributed by atoms with van der Waals surface area (Å²) in [5, 5.41) is 2.60. The number of hydrogen-bond donors (Lipinski definition) is 1. The van der Waals surface area contributed by atoms with E-state index in [2.05, 4.69) is 5.32 Å². The maximum atomic E-state index is 13.4. The van der Waals surface area contributed by atoms with Gasteiger partial charge in [0.05, 0.1) is 11.3 Å². The molecule has 0 aliphatic carbocycles. The highest BCUT2D eigenvalue weighted by atomic mass is 32.2. The van der Waals surface area contributed by atoms with E-state index in [0.717, 1.165) is 36.0 Å². The Morgan fingerprint density at radius 3 is 2.32 bits per heavy atom. The molecule has 0 fully saturated rings. The number of alkyl halides is 3. The third-order valence-corrected chi connectivity index (χ3v) is 4.32. The molecule has 25 heavy (non-hydrogen) atoms. The maximum Gasteiger partial charge on any atom is 0.416 e. The van der Waals surface area contributed by atoms with Gasteiger partial charge in [-0.05, 0) is 36.2 Å². The van der Waals surface area contributed by atoms with E-state index in [9.17, 15) is 26.7 Å². The topological polar surface area (TPSA) is 29.1 Å². The van der Waals surface area contributed by atoms with E-state index in [0.29, 0.717) is 12.0 Å². The fourth-order valence-corrected chi connectivity index (χ4v) is 2.74. The van der Waals surface area contributed by atoms with Gasteiger partial charge in [0.1, 0.15) is 11.6 Å². The zero-order valence-corrected chi connectivity index (χ0v) is 13.7. The van der Waals surface area contributed by atoms with Crippen molar-refractivity contribution in [1.29, 1.82) is 0 Å². The largest absolute Gasteiger partial charge is 0.416 e. The number of carbonyl (C=O) groups is 1. The predicted molar refractivity (Wildman–Crippen MR) is 85.2 cm³/mol. The van der Waals surface area contributed by atoms with Crippen molar-refractivity contribution in [3.05, 3.63) is 65.2 Å². The maximum absolute atomic E-state index is 13.4. The summed E-state index contributed by atoms with van der Waals surface area (Å²) in [5.41, 5.74) is -0.0662. The second-order valence-corrected chi connectivity index (χ2v) is 6.18. The predicted octanol–water partition coefficient (Wildman–Crippen LogP) is 4.43. The number of halogens is 5. The molecule has 134 valence electrons. The molecule has 0 saturated carbocycles. The molecule has 0 spiro atoms. The first-order valence-corrected chi connectivity index (χ1v) is 8.25. The highest BCUT2D eigenvalue weighted by Gasteiger charge is 2.29. The van der Waals surface area contributed by atoms with Crippen LogP contribution in [0.4, 0.5) is 22.0 Å². The average molecular weight is 375 g/mol. The number of rotatable bonds is 6. The number of amides is 1. The van der Waals surface area contributed by atoms with Crippen LogP contribution in [-0.4, -0.2) is 18.2 Å². The van der Waals surface area contributed by atoms with Crippen molar-refractivity contribution in [3.8, 4) is 0 Å². The number of thioether (sulfide) groups is 1. The van der Waals surface area contributed by atoms with E-state index in [1.807, 2.05) is 0 Å². The number of hydrogen-bond acceptors (Lipinski definition) is 2. The summed E-state index contributed by atoms with van der Waals surface area (Å²) in [5.74, 6) is -1.82. The Morgan fingerprint density at radius 2 is 1.72 bits per heavy atom. The summed E-state index contributed by atoms with van der Waals surface area (Å²) in [6.45, 7) is 0.247. The average Bonchev–Trinajstić information content (AvgIpc) is 2.53. The van der Waals surface area contributed by atoms with Crippen molar-refractivity contribution >= 4 is 17.7 Å². The van der Waals surface area contributed by atoms with Gasteiger partial charge in [-0.1, -0.05) is 12.1 Å². The fourth-order valence-electron chi connectivity index (χ4n) is 1.99. The number of benzene rings is 2. The van der Waals surface area contributed by atoms with Gasteiger partial charge in [0.2, 0.25) is 5.91 Å². The number of nitrogens with one attached hydrogen (secondary N) is 1. The van der Waals surface area contributed by atoms with E-state index >= 15 is 0 Å². The minimum absolute atomic E-state index is 0.0461. The van der Waals surface area contributed by atoms with Gasteiger partial charge in [-0.2, -0.15) is 13.2 Å². The summed E-state index contributed by atoms with van der Waals surface area (Å²) in [4.78, 5) is 11.9. The Labute approximate surface area is 145 Å². The minimum Gasteiger partial charge on any atom is -0.355 e. The quantitative estimate of drug-likeness (QED) is 0.598. The lowest BCUT2D eigenvalue weighted by molar-refractivity contribution is -0.137. The van der Waals surface area contributed by atoms with Crippen molar-refractivity contribution < 1.29 is 26.7 Å². The lowest BCUT2D eigenvalue weighted by Crippen LogP contribution is -2.27. The van der Waals surface area contributed by atoms with Crippen LogP contribution in [0.1, 0.15) is 11.1 Å². The molecule has 2 rings (SSSR count). The van der Waals surface area contributed by atoms with Crippen LogP contribution in [0.5, 0.6) is 0 Å². The van der Waals surface area contributed by atoms with Crippen LogP contribution in [0.3, 0.4) is 0 Å². The Balaban J connectivity index is 1.75. The molecule has 0 radical (unpaired) electrons. The Kier molecular flexibility index (Phi) is 6.41. The summed E-state index contributed by atoms with van der Waals surface area (Å²) in [6, 6.07) is 7.80. The highest BCUT2D eigenvalue weighted by molar-refractivity contribution is 8.00. The van der Waals surface area contributed by atoms with Crippen LogP contribution >= 0.6 is 11.8 Å². The molecule has 0 aliphatic rings. The first-order valence-electron chi connectivity index (χ1n) is 7.26. The standard InChI is InChI=1S/C17H14F5NOS/c18-13-5-6-15(14(19)9-13)25-10-16(24)23-8-7-11-1-3-12(4-2-11)17(20,21)22/h1-6,9H,7-8,10H2,(H,23,24). The second-order valence-electron chi connectivity index (χ2n) is 5.16. The normalized spacial score (nSPS) is 11.4. The monoisotopic (exact) mass is 375 g/mol. The molecule has 8 heteroatoms. The molecular formula is C17H14F5NOS. The SMILES string of the molecule is O=C(CSc1ccc(F)cc1F)NCCc1ccc(C(F)(F)F)cc1. The fraction of sp³-hybridized carbons (Fsp3) is 0.235. The van der Waals surface area contributed by atoms with Crippen LogP contribution in [-0.2, 0) is 17.4 Å². The van der Waals surface area contributed by atoms with Crippen LogP contribution in [0.25, 0.3) is 0 Å². The molecule has 0 aliphatic heterocycles. The second kappa shape index (κ2) is 8.33. The van der Waals surface area contributed by atoms with E-state index in [1.54, 1.807) is 0 Å². The van der Waals surface area contributed by atoms with Gasteiger partial charge < -0.3 is 5.32 Å². The Bertz CT molecular complexity index is 731. The van der Waals surface area contributed by atoms with E-state index < -0.39 is 23.4 Å². The molecule has 0 bridgehead atoms. The molecule has 0 heterocycles. The first kappa shape index (κ1) is 19.2. The summed E-state index contributed by atoms with van der Waals surface area (Å²) >= 11 is 0.936. The number of carbonyl (C=O) groups excluding carboxylic acids is 1. The molecule has 2 aromatic rings. The molecular weight excluding hydrogens is 361 g/mol. The van der Waals surface area contributed by atoms with E-state index in [-0.39, 0.29) is 23.1 Å². The van der Waals surface area contributed by atoms with Gasteiger partial charge in [0, 0.05) is 17.5 Å². The van der Waals surface area contributed by atoms with Gasteiger partial charge in [-0.3, -0.25) is 4.79 Å². The summed E-state index contributed by atoms with van der Waals surface area (Å²) in [7, 11) is 0. The third-order valence-electron chi connectivity index (χ3n) is 3.27. The molecule has 0 saturated heterocycles.